The van der Waals surface area contributed by atoms with Crippen LogP contribution in [0, 0.1) is 5.92 Å². The molecule has 1 fully saturated rings. The number of nitrogens with zero attached hydrogens (tertiary/aromatic N) is 2. The topological polar surface area (TPSA) is 66.9 Å². The summed E-state index contributed by atoms with van der Waals surface area (Å²) in [4.78, 5) is 11.7. The van der Waals surface area contributed by atoms with Gasteiger partial charge < -0.3 is 10.6 Å². The first-order chi connectivity index (χ1) is 6.77. The van der Waals surface area contributed by atoms with Crippen molar-refractivity contribution in [2.75, 3.05) is 11.9 Å². The van der Waals surface area contributed by atoms with Gasteiger partial charge in [0.15, 0.2) is 0 Å². The Bertz CT molecular complexity index is 313. The second kappa shape index (κ2) is 4.02. The highest BCUT2D eigenvalue weighted by Crippen LogP contribution is 2.17. The van der Waals surface area contributed by atoms with Crippen LogP contribution in [0.25, 0.3) is 0 Å². The van der Waals surface area contributed by atoms with Gasteiger partial charge in [-0.15, -0.1) is 5.10 Å². The summed E-state index contributed by atoms with van der Waals surface area (Å²) in [7, 11) is 0. The molecule has 1 amide bonds. The maximum Gasteiger partial charge on any atom is 0.242 e. The van der Waals surface area contributed by atoms with Crippen molar-refractivity contribution < 1.29 is 4.79 Å². The predicted octanol–water partition coefficient (Wildman–Crippen LogP) is 0.475. The van der Waals surface area contributed by atoms with Crippen molar-refractivity contribution >= 4 is 22.4 Å². The van der Waals surface area contributed by atoms with Crippen molar-refractivity contribution in [2.45, 2.75) is 19.4 Å². The smallest absolute Gasteiger partial charge is 0.242 e. The van der Waals surface area contributed by atoms with Gasteiger partial charge in [0.05, 0.1) is 12.2 Å². The molecule has 1 saturated heterocycles. The average molecular weight is 212 g/mol. The number of anilines is 1. The maximum atomic E-state index is 11.7. The molecule has 0 aliphatic carbocycles. The second-order valence-corrected chi connectivity index (χ2v) is 4.25. The zero-order valence-corrected chi connectivity index (χ0v) is 8.67. The Morgan fingerprint density at radius 1 is 1.79 bits per heavy atom. The van der Waals surface area contributed by atoms with E-state index in [1.165, 1.54) is 11.5 Å². The lowest BCUT2D eigenvalue weighted by molar-refractivity contribution is -0.118. The summed E-state index contributed by atoms with van der Waals surface area (Å²) in [5, 5.41) is 10.3. The molecule has 2 unspecified atom stereocenters. The Kier molecular flexibility index (Phi) is 2.74. The van der Waals surface area contributed by atoms with Crippen LogP contribution in [0.3, 0.4) is 0 Å². The highest BCUT2D eigenvalue weighted by molar-refractivity contribution is 7.10. The van der Waals surface area contributed by atoms with Crippen molar-refractivity contribution in [2.24, 2.45) is 5.92 Å². The molecule has 1 aromatic heterocycles. The monoisotopic (exact) mass is 212 g/mol. The average Bonchev–Trinajstić information content (AvgIpc) is 2.75. The summed E-state index contributed by atoms with van der Waals surface area (Å²) in [5.74, 6) is 0.414. The molecule has 6 heteroatoms. The Morgan fingerprint density at radius 3 is 3.21 bits per heavy atom. The first kappa shape index (κ1) is 9.54. The highest BCUT2D eigenvalue weighted by atomic mass is 32.1. The number of aromatic nitrogens is 2. The van der Waals surface area contributed by atoms with Gasteiger partial charge in [0.1, 0.15) is 5.00 Å². The molecule has 76 valence electrons. The number of carbonyl (C=O) groups excluding carboxylic acids is 1. The van der Waals surface area contributed by atoms with E-state index in [2.05, 4.69) is 27.1 Å². The largest absolute Gasteiger partial charge is 0.314 e. The van der Waals surface area contributed by atoms with E-state index in [9.17, 15) is 4.79 Å². The van der Waals surface area contributed by atoms with Gasteiger partial charge in [-0.25, -0.2) is 0 Å². The van der Waals surface area contributed by atoms with Gasteiger partial charge in [-0.05, 0) is 18.9 Å². The maximum absolute atomic E-state index is 11.7. The number of hydrogen-bond acceptors (Lipinski definition) is 5. The lowest BCUT2D eigenvalue weighted by atomic mass is 10.0. The fraction of sp³-hybridized carbons (Fsp3) is 0.625. The van der Waals surface area contributed by atoms with Gasteiger partial charge in [-0.3, -0.25) is 4.79 Å². The van der Waals surface area contributed by atoms with Crippen molar-refractivity contribution in [3.63, 3.8) is 0 Å². The van der Waals surface area contributed by atoms with E-state index in [-0.39, 0.29) is 11.9 Å². The molecule has 2 rings (SSSR count). The third-order valence-electron chi connectivity index (χ3n) is 2.42. The van der Waals surface area contributed by atoms with E-state index in [1.54, 1.807) is 6.20 Å². The van der Waals surface area contributed by atoms with Gasteiger partial charge in [0.2, 0.25) is 5.91 Å². The minimum atomic E-state index is -0.0721. The second-order valence-electron chi connectivity index (χ2n) is 3.47. The van der Waals surface area contributed by atoms with E-state index in [4.69, 9.17) is 0 Å². The zero-order valence-electron chi connectivity index (χ0n) is 7.86. The van der Waals surface area contributed by atoms with Crippen molar-refractivity contribution in [3.8, 4) is 0 Å². The van der Waals surface area contributed by atoms with E-state index in [1.807, 2.05) is 0 Å². The van der Waals surface area contributed by atoms with Crippen LogP contribution in [-0.2, 0) is 4.79 Å². The zero-order chi connectivity index (χ0) is 9.97. The van der Waals surface area contributed by atoms with Crippen molar-refractivity contribution in [1.29, 1.82) is 0 Å². The summed E-state index contributed by atoms with van der Waals surface area (Å²) in [6, 6.07) is -0.0721. The number of nitrogens with one attached hydrogen (secondary N) is 2. The van der Waals surface area contributed by atoms with Crippen LogP contribution in [-0.4, -0.2) is 28.1 Å². The van der Waals surface area contributed by atoms with E-state index < -0.39 is 0 Å². The van der Waals surface area contributed by atoms with Crippen LogP contribution in [0.2, 0.25) is 0 Å². The SMILES string of the molecule is CC1CCNC1C(=O)Nc1cnns1. The number of hydrogen-bond donors (Lipinski definition) is 2. The van der Waals surface area contributed by atoms with E-state index in [0.29, 0.717) is 10.9 Å². The summed E-state index contributed by atoms with van der Waals surface area (Å²) >= 11 is 1.19. The van der Waals surface area contributed by atoms with Crippen molar-refractivity contribution in [3.05, 3.63) is 6.20 Å². The molecule has 5 nitrogen and oxygen atoms in total. The van der Waals surface area contributed by atoms with Crippen molar-refractivity contribution in [1.82, 2.24) is 14.9 Å². The summed E-state index contributed by atoms with van der Waals surface area (Å²) < 4.78 is 3.68. The minimum Gasteiger partial charge on any atom is -0.314 e. The van der Waals surface area contributed by atoms with Gasteiger partial charge in [0.25, 0.3) is 0 Å². The molecular weight excluding hydrogens is 200 g/mol. The Morgan fingerprint density at radius 2 is 2.64 bits per heavy atom. The molecule has 14 heavy (non-hydrogen) atoms. The van der Waals surface area contributed by atoms with Gasteiger partial charge in [0, 0.05) is 11.5 Å². The number of amides is 1. The first-order valence-corrected chi connectivity index (χ1v) is 5.36. The van der Waals surface area contributed by atoms with E-state index in [0.717, 1.165) is 13.0 Å². The quantitative estimate of drug-likeness (QED) is 0.748. The van der Waals surface area contributed by atoms with Crippen LogP contribution >= 0.6 is 11.5 Å². The summed E-state index contributed by atoms with van der Waals surface area (Å²) in [6.45, 7) is 3.00. The third kappa shape index (κ3) is 1.91. The molecule has 0 saturated carbocycles. The first-order valence-electron chi connectivity index (χ1n) is 4.59. The fourth-order valence-corrected chi connectivity index (χ4v) is 2.03. The van der Waals surface area contributed by atoms with Gasteiger partial charge in [-0.1, -0.05) is 11.4 Å². The fourth-order valence-electron chi connectivity index (χ4n) is 1.61. The van der Waals surface area contributed by atoms with Gasteiger partial charge >= 0.3 is 0 Å². The minimum absolute atomic E-state index is 0.0149. The lowest BCUT2D eigenvalue weighted by Crippen LogP contribution is -2.38. The number of carbonyl (C=O) groups is 1. The molecule has 1 aromatic rings. The molecule has 0 aromatic carbocycles. The summed E-state index contributed by atoms with van der Waals surface area (Å²) in [5.41, 5.74) is 0. The molecule has 0 spiro atoms. The molecule has 2 N–H and O–H groups in total. The predicted molar refractivity (Wildman–Crippen MR) is 54.1 cm³/mol. The van der Waals surface area contributed by atoms with Crippen LogP contribution in [0.5, 0.6) is 0 Å². The van der Waals surface area contributed by atoms with Crippen LogP contribution < -0.4 is 10.6 Å². The summed E-state index contributed by atoms with van der Waals surface area (Å²) in [6.07, 6.45) is 2.61. The molecule has 1 aliphatic rings. The van der Waals surface area contributed by atoms with Crippen LogP contribution in [0.15, 0.2) is 6.20 Å². The van der Waals surface area contributed by atoms with Crippen LogP contribution in [0.1, 0.15) is 13.3 Å². The van der Waals surface area contributed by atoms with E-state index >= 15 is 0 Å². The highest BCUT2D eigenvalue weighted by Gasteiger charge is 2.29. The molecule has 0 bridgehead atoms. The van der Waals surface area contributed by atoms with Crippen LogP contribution in [0.4, 0.5) is 5.00 Å². The Balaban J connectivity index is 1.95. The standard InChI is InChI=1S/C8H12N4OS/c1-5-2-3-9-7(5)8(13)11-6-4-10-12-14-6/h4-5,7,9H,2-3H2,1H3,(H,11,13). The molecule has 0 radical (unpaired) electrons. The Hall–Kier alpha value is -1.01. The lowest BCUT2D eigenvalue weighted by Gasteiger charge is -2.13. The Labute approximate surface area is 86.1 Å². The number of rotatable bonds is 2. The molecule has 2 heterocycles. The van der Waals surface area contributed by atoms with Gasteiger partial charge in [-0.2, -0.15) is 0 Å². The third-order valence-corrected chi connectivity index (χ3v) is 3.00. The normalized spacial score (nSPS) is 26.4. The molecule has 1 aliphatic heterocycles. The molecular formula is C8H12N4OS. The molecule has 2 atom stereocenters.